The van der Waals surface area contributed by atoms with Gasteiger partial charge in [0.1, 0.15) is 11.6 Å². The summed E-state index contributed by atoms with van der Waals surface area (Å²) in [6, 6.07) is 0. The van der Waals surface area contributed by atoms with Crippen LogP contribution in [0, 0.1) is 7.27 Å². The maximum Gasteiger partial charge on any atom is 0.145 e. The standard InChI is InChI=1S/C6H5I2N3O/c7-4-3-2(12)1-9-11-6(3)10-5(4)8/h1,9-12H. The molecule has 12 heavy (non-hydrogen) atoms. The molecule has 0 atom stereocenters. The van der Waals surface area contributed by atoms with Gasteiger partial charge in [-0.15, -0.1) is 0 Å². The minimum atomic E-state index is 0.257. The molecule has 0 fully saturated rings. The molecule has 0 unspecified atom stereocenters. The van der Waals surface area contributed by atoms with Crippen LogP contribution in [0.2, 0.25) is 0 Å². The molecule has 1 aromatic heterocycles. The van der Waals surface area contributed by atoms with E-state index in [1.807, 2.05) is 0 Å². The zero-order chi connectivity index (χ0) is 8.72. The Morgan fingerprint density at radius 3 is 2.75 bits per heavy atom. The summed E-state index contributed by atoms with van der Waals surface area (Å²) in [5.41, 5.74) is 6.47. The van der Waals surface area contributed by atoms with Crippen LogP contribution in [0.5, 0.6) is 0 Å². The molecule has 4 nitrogen and oxygen atoms in total. The lowest BCUT2D eigenvalue weighted by molar-refractivity contribution is 0.506. The average molecular weight is 389 g/mol. The highest BCUT2D eigenvalue weighted by Gasteiger charge is 2.19. The Hall–Kier alpha value is -0.120. The first-order chi connectivity index (χ1) is 5.70. The van der Waals surface area contributed by atoms with Crippen molar-refractivity contribution in [3.8, 4) is 0 Å². The number of fused-ring (bicyclic) bond motifs is 1. The molecule has 6 heteroatoms. The molecule has 1 aliphatic rings. The zero-order valence-electron chi connectivity index (χ0n) is 5.78. The highest BCUT2D eigenvalue weighted by atomic mass is 127. The molecule has 0 aromatic carbocycles. The fraction of sp³-hybridized carbons (Fsp3) is 0. The van der Waals surface area contributed by atoms with Gasteiger partial charge in [0.25, 0.3) is 0 Å². The van der Waals surface area contributed by atoms with Gasteiger partial charge in [-0.3, -0.25) is 5.43 Å². The van der Waals surface area contributed by atoms with Crippen molar-refractivity contribution >= 4 is 56.8 Å². The van der Waals surface area contributed by atoms with Crippen LogP contribution >= 0.6 is 45.2 Å². The number of rotatable bonds is 0. The number of hydrazine groups is 1. The third-order valence-electron chi connectivity index (χ3n) is 1.56. The molecule has 0 saturated carbocycles. The summed E-state index contributed by atoms with van der Waals surface area (Å²) < 4.78 is 2.06. The van der Waals surface area contributed by atoms with Crippen LogP contribution < -0.4 is 10.9 Å². The number of hydrogen-bond acceptors (Lipinski definition) is 3. The second-order valence-corrected chi connectivity index (χ2v) is 4.46. The van der Waals surface area contributed by atoms with E-state index in [2.05, 4.69) is 61.0 Å². The fourth-order valence-electron chi connectivity index (χ4n) is 1.03. The van der Waals surface area contributed by atoms with Crippen molar-refractivity contribution in [2.75, 3.05) is 5.43 Å². The molecule has 0 saturated heterocycles. The summed E-state index contributed by atoms with van der Waals surface area (Å²) in [6.07, 6.45) is 1.52. The predicted octanol–water partition coefficient (Wildman–Crippen LogP) is 2.01. The normalized spacial score (nSPS) is 14.3. The molecule has 1 aromatic rings. The predicted molar refractivity (Wildman–Crippen MR) is 63.6 cm³/mol. The number of aromatic nitrogens is 1. The van der Waals surface area contributed by atoms with Gasteiger partial charge < -0.3 is 15.5 Å². The van der Waals surface area contributed by atoms with E-state index in [1.54, 1.807) is 0 Å². The van der Waals surface area contributed by atoms with E-state index in [9.17, 15) is 5.11 Å². The van der Waals surface area contributed by atoms with Gasteiger partial charge in [0.2, 0.25) is 0 Å². The van der Waals surface area contributed by atoms with Gasteiger partial charge in [-0.25, -0.2) is 0 Å². The Kier molecular flexibility index (Phi) is 2.10. The van der Waals surface area contributed by atoms with Crippen LogP contribution in [0.15, 0.2) is 6.20 Å². The highest BCUT2D eigenvalue weighted by molar-refractivity contribution is 14.1. The van der Waals surface area contributed by atoms with Gasteiger partial charge in [0.05, 0.1) is 19.0 Å². The maximum absolute atomic E-state index is 9.49. The highest BCUT2D eigenvalue weighted by Crippen LogP contribution is 2.31. The minimum absolute atomic E-state index is 0.257. The van der Waals surface area contributed by atoms with Crippen molar-refractivity contribution in [2.45, 2.75) is 0 Å². The summed E-state index contributed by atoms with van der Waals surface area (Å²) in [5.74, 6) is 1.07. The number of aliphatic hydroxyl groups excluding tert-OH is 1. The van der Waals surface area contributed by atoms with Gasteiger partial charge in [-0.05, 0) is 45.2 Å². The number of halogens is 2. The van der Waals surface area contributed by atoms with E-state index in [4.69, 9.17) is 0 Å². The van der Waals surface area contributed by atoms with Crippen LogP contribution in [-0.2, 0) is 0 Å². The average Bonchev–Trinajstić information content (AvgIpc) is 2.29. The number of H-pyrrole nitrogens is 1. The van der Waals surface area contributed by atoms with Crippen molar-refractivity contribution in [1.82, 2.24) is 10.4 Å². The Morgan fingerprint density at radius 1 is 1.33 bits per heavy atom. The Balaban J connectivity index is 2.65. The van der Waals surface area contributed by atoms with E-state index >= 15 is 0 Å². The van der Waals surface area contributed by atoms with Gasteiger partial charge >= 0.3 is 0 Å². The van der Waals surface area contributed by atoms with E-state index in [0.717, 1.165) is 18.7 Å². The lowest BCUT2D eigenvalue weighted by Gasteiger charge is -2.12. The summed E-state index contributed by atoms with van der Waals surface area (Å²) >= 11 is 4.38. The van der Waals surface area contributed by atoms with Crippen molar-refractivity contribution in [2.24, 2.45) is 0 Å². The molecular formula is C6H5I2N3O. The van der Waals surface area contributed by atoms with Gasteiger partial charge in [-0.2, -0.15) is 0 Å². The first-order valence-corrected chi connectivity index (χ1v) is 5.34. The van der Waals surface area contributed by atoms with Gasteiger partial charge in [0, 0.05) is 0 Å². The Labute approximate surface area is 96.1 Å². The van der Waals surface area contributed by atoms with E-state index in [1.165, 1.54) is 6.20 Å². The number of aromatic amines is 1. The molecule has 2 heterocycles. The largest absolute Gasteiger partial charge is 0.506 e. The topological polar surface area (TPSA) is 60.1 Å². The molecule has 1 aliphatic heterocycles. The monoisotopic (exact) mass is 389 g/mol. The van der Waals surface area contributed by atoms with Crippen LogP contribution in [0.3, 0.4) is 0 Å². The third kappa shape index (κ3) is 1.16. The molecule has 0 spiro atoms. The minimum Gasteiger partial charge on any atom is -0.506 e. The van der Waals surface area contributed by atoms with E-state index in [0.29, 0.717) is 0 Å². The quantitative estimate of drug-likeness (QED) is 0.514. The lowest BCUT2D eigenvalue weighted by atomic mass is 10.2. The number of aliphatic hydroxyl groups is 1. The Morgan fingerprint density at radius 2 is 2.08 bits per heavy atom. The van der Waals surface area contributed by atoms with Gasteiger partial charge in [0.15, 0.2) is 0 Å². The molecule has 0 amide bonds. The summed E-state index contributed by atoms with van der Waals surface area (Å²) in [7, 11) is 0. The molecule has 0 aliphatic carbocycles. The van der Waals surface area contributed by atoms with Crippen molar-refractivity contribution in [1.29, 1.82) is 0 Å². The van der Waals surface area contributed by atoms with Gasteiger partial charge in [-0.1, -0.05) is 0 Å². The second kappa shape index (κ2) is 2.98. The second-order valence-electron chi connectivity index (χ2n) is 2.30. The van der Waals surface area contributed by atoms with Crippen LogP contribution in [0.1, 0.15) is 5.56 Å². The molecule has 64 valence electrons. The first kappa shape index (κ1) is 8.48. The third-order valence-corrected chi connectivity index (χ3v) is 4.48. The number of anilines is 1. The lowest BCUT2D eigenvalue weighted by Crippen LogP contribution is -2.20. The Bertz CT molecular complexity index is 358. The van der Waals surface area contributed by atoms with Crippen LogP contribution in [0.25, 0.3) is 5.76 Å². The van der Waals surface area contributed by atoms with Crippen molar-refractivity contribution in [3.63, 3.8) is 0 Å². The molecule has 4 N–H and O–H groups in total. The molecule has 0 bridgehead atoms. The molecular weight excluding hydrogens is 384 g/mol. The van der Waals surface area contributed by atoms with E-state index in [-0.39, 0.29) is 5.76 Å². The summed E-state index contributed by atoms with van der Waals surface area (Å²) in [5, 5.41) is 9.49. The fourth-order valence-corrected chi connectivity index (χ4v) is 2.25. The number of hydrogen-bond donors (Lipinski definition) is 4. The van der Waals surface area contributed by atoms with Crippen LogP contribution in [0.4, 0.5) is 5.82 Å². The SMILES string of the molecule is OC1=CNNc2[nH]c(I)c(I)c21. The van der Waals surface area contributed by atoms with Crippen LogP contribution in [-0.4, -0.2) is 10.1 Å². The van der Waals surface area contributed by atoms with Crippen molar-refractivity contribution < 1.29 is 5.11 Å². The zero-order valence-corrected chi connectivity index (χ0v) is 10.1. The smallest absolute Gasteiger partial charge is 0.145 e. The molecule has 2 rings (SSSR count). The maximum atomic E-state index is 9.49. The van der Waals surface area contributed by atoms with E-state index < -0.39 is 0 Å². The summed E-state index contributed by atoms with van der Waals surface area (Å²) in [6.45, 7) is 0. The first-order valence-electron chi connectivity index (χ1n) is 3.18. The van der Waals surface area contributed by atoms with Crippen molar-refractivity contribution in [3.05, 3.63) is 19.0 Å². The molecule has 0 radical (unpaired) electrons. The summed E-state index contributed by atoms with van der Waals surface area (Å²) in [4.78, 5) is 3.10. The number of nitrogens with one attached hydrogen (secondary N) is 3.